The molecule has 10 nitrogen and oxygen atoms in total. The number of likely N-dealkylation sites (tertiary alicyclic amines) is 1. The van der Waals surface area contributed by atoms with Crippen molar-refractivity contribution in [1.82, 2.24) is 20.2 Å². The van der Waals surface area contributed by atoms with Crippen LogP contribution in [0.4, 0.5) is 4.79 Å². The Hall–Kier alpha value is -3.69. The quantitative estimate of drug-likeness (QED) is 0.748. The fraction of sp³-hybridized carbons (Fsp3) is 0.381. The highest BCUT2D eigenvalue weighted by atomic mass is 16.7. The van der Waals surface area contributed by atoms with E-state index in [1.54, 1.807) is 37.8 Å². The van der Waals surface area contributed by atoms with Crippen molar-refractivity contribution in [3.63, 3.8) is 0 Å². The van der Waals surface area contributed by atoms with Crippen molar-refractivity contribution in [2.75, 3.05) is 13.1 Å². The number of hydrogen-bond acceptors (Lipinski definition) is 7. The Kier molecular flexibility index (Phi) is 5.00. The lowest BCUT2D eigenvalue weighted by Crippen LogP contribution is -2.35. The first-order valence-corrected chi connectivity index (χ1v) is 9.87. The van der Waals surface area contributed by atoms with Crippen molar-refractivity contribution >= 4 is 23.9 Å². The summed E-state index contributed by atoms with van der Waals surface area (Å²) in [6, 6.07) is 7.73. The molecule has 1 aromatic heterocycles. The third-order valence-corrected chi connectivity index (χ3v) is 5.02. The lowest BCUT2D eigenvalue weighted by molar-refractivity contribution is -0.0588. The molecular weight excluding hydrogens is 404 g/mol. The number of rotatable bonds is 3. The number of nitrogens with zero attached hydrogens (tertiary/aromatic N) is 3. The van der Waals surface area contributed by atoms with E-state index < -0.39 is 23.4 Å². The van der Waals surface area contributed by atoms with Gasteiger partial charge < -0.3 is 14.5 Å². The zero-order valence-electron chi connectivity index (χ0n) is 17.4. The summed E-state index contributed by atoms with van der Waals surface area (Å²) in [7, 11) is 0. The van der Waals surface area contributed by atoms with Crippen molar-refractivity contribution in [1.29, 1.82) is 0 Å². The minimum absolute atomic E-state index is 0.0547. The minimum Gasteiger partial charge on any atom is -0.444 e. The molecule has 1 fully saturated rings. The monoisotopic (exact) mass is 426 g/mol. The van der Waals surface area contributed by atoms with Crippen LogP contribution in [0, 0.1) is 0 Å². The summed E-state index contributed by atoms with van der Waals surface area (Å²) in [6.45, 7) is 6.36. The van der Waals surface area contributed by atoms with Crippen LogP contribution in [0.3, 0.4) is 0 Å². The fourth-order valence-electron chi connectivity index (χ4n) is 3.54. The van der Waals surface area contributed by atoms with Gasteiger partial charge in [-0.25, -0.2) is 9.59 Å². The third kappa shape index (κ3) is 4.00. The first kappa shape index (κ1) is 20.6. The van der Waals surface area contributed by atoms with Crippen molar-refractivity contribution in [3.8, 4) is 0 Å². The molecule has 0 aliphatic carbocycles. The van der Waals surface area contributed by atoms with Crippen LogP contribution in [0.2, 0.25) is 0 Å². The second-order valence-electron chi connectivity index (χ2n) is 8.45. The molecule has 1 unspecified atom stereocenters. The molecule has 2 aliphatic heterocycles. The number of ether oxygens (including phenoxy) is 1. The molecule has 1 aromatic carbocycles. The number of H-pyrrole nitrogens is 1. The van der Waals surface area contributed by atoms with Crippen LogP contribution in [-0.4, -0.2) is 62.7 Å². The third-order valence-electron chi connectivity index (χ3n) is 5.02. The van der Waals surface area contributed by atoms with Gasteiger partial charge in [0.05, 0.1) is 11.1 Å². The summed E-state index contributed by atoms with van der Waals surface area (Å²) < 4.78 is 5.39. The van der Waals surface area contributed by atoms with Gasteiger partial charge in [-0.3, -0.25) is 14.7 Å². The predicted molar refractivity (Wildman–Crippen MR) is 106 cm³/mol. The van der Waals surface area contributed by atoms with E-state index in [1.807, 2.05) is 0 Å². The van der Waals surface area contributed by atoms with Crippen LogP contribution in [0.15, 0.2) is 30.3 Å². The first-order valence-electron chi connectivity index (χ1n) is 9.87. The van der Waals surface area contributed by atoms with Crippen molar-refractivity contribution in [2.45, 2.75) is 38.7 Å². The molecule has 2 aliphatic rings. The van der Waals surface area contributed by atoms with Crippen LogP contribution in [-0.2, 0) is 9.57 Å². The second kappa shape index (κ2) is 7.53. The van der Waals surface area contributed by atoms with E-state index >= 15 is 0 Å². The lowest BCUT2D eigenvalue weighted by atomic mass is 10.1. The molecule has 3 heterocycles. The first-order chi connectivity index (χ1) is 14.6. The normalized spacial score (nSPS) is 18.4. The molecular formula is C21H22N4O6. The van der Waals surface area contributed by atoms with E-state index in [2.05, 4.69) is 10.2 Å². The highest BCUT2D eigenvalue weighted by Gasteiger charge is 2.39. The van der Waals surface area contributed by atoms with Gasteiger partial charge in [0, 0.05) is 24.7 Å². The summed E-state index contributed by atoms with van der Waals surface area (Å²) in [5.41, 5.74) is 0.361. The Morgan fingerprint density at radius 2 is 1.77 bits per heavy atom. The smallest absolute Gasteiger partial charge is 0.410 e. The number of imide groups is 1. The van der Waals surface area contributed by atoms with Crippen LogP contribution in [0.5, 0.6) is 0 Å². The Morgan fingerprint density at radius 1 is 1.13 bits per heavy atom. The summed E-state index contributed by atoms with van der Waals surface area (Å²) in [5, 5.41) is 7.18. The Morgan fingerprint density at radius 3 is 2.39 bits per heavy atom. The molecule has 1 saturated heterocycles. The molecule has 10 heteroatoms. The van der Waals surface area contributed by atoms with E-state index in [0.29, 0.717) is 30.3 Å². The standard InChI is InChI=1S/C21H22N4O6/c1-21(2,3)30-20(29)24-9-8-12(11-24)15-10-16(23-22-15)19(28)31-25-17(26)13-6-4-5-7-14(13)18(25)27/h4-7,10,12H,8-9,11H2,1-3H3,(H,22,23). The number of aromatic amines is 1. The van der Waals surface area contributed by atoms with Gasteiger partial charge in [-0.15, -0.1) is 0 Å². The average molecular weight is 426 g/mol. The molecule has 3 amide bonds. The number of hydrogen-bond donors (Lipinski definition) is 1. The van der Waals surface area contributed by atoms with E-state index in [-0.39, 0.29) is 28.8 Å². The van der Waals surface area contributed by atoms with Crippen LogP contribution in [0.1, 0.15) is 70.0 Å². The topological polar surface area (TPSA) is 122 Å². The van der Waals surface area contributed by atoms with E-state index in [9.17, 15) is 19.2 Å². The zero-order valence-corrected chi connectivity index (χ0v) is 17.4. The van der Waals surface area contributed by atoms with Gasteiger partial charge in [-0.05, 0) is 45.4 Å². The molecule has 1 atom stereocenters. The van der Waals surface area contributed by atoms with Gasteiger partial charge in [0.25, 0.3) is 11.8 Å². The molecule has 31 heavy (non-hydrogen) atoms. The van der Waals surface area contributed by atoms with Gasteiger partial charge >= 0.3 is 12.1 Å². The summed E-state index contributed by atoms with van der Waals surface area (Å²) in [5.74, 6) is -2.39. The fourth-order valence-corrected chi connectivity index (χ4v) is 3.54. The molecule has 0 saturated carbocycles. The number of carbonyl (C=O) groups excluding carboxylic acids is 4. The Balaban J connectivity index is 1.40. The predicted octanol–water partition coefficient (Wildman–Crippen LogP) is 2.50. The number of hydroxylamine groups is 2. The van der Waals surface area contributed by atoms with Gasteiger partial charge in [-0.1, -0.05) is 17.2 Å². The molecule has 1 N–H and O–H groups in total. The largest absolute Gasteiger partial charge is 0.444 e. The maximum absolute atomic E-state index is 12.5. The Bertz CT molecular complexity index is 1030. The highest BCUT2D eigenvalue weighted by molar-refractivity contribution is 6.21. The molecule has 162 valence electrons. The molecule has 4 rings (SSSR count). The number of carbonyl (C=O) groups is 4. The number of benzene rings is 1. The zero-order chi connectivity index (χ0) is 22.3. The van der Waals surface area contributed by atoms with Crippen molar-refractivity contribution in [3.05, 3.63) is 52.8 Å². The van der Waals surface area contributed by atoms with Gasteiger partial charge in [0.15, 0.2) is 5.69 Å². The van der Waals surface area contributed by atoms with Crippen LogP contribution >= 0.6 is 0 Å². The second-order valence-corrected chi connectivity index (χ2v) is 8.45. The van der Waals surface area contributed by atoms with Crippen molar-refractivity contribution < 1.29 is 28.8 Å². The maximum Gasteiger partial charge on any atom is 0.410 e. The average Bonchev–Trinajstić information content (AvgIpc) is 3.42. The van der Waals surface area contributed by atoms with E-state index in [0.717, 1.165) is 0 Å². The number of amides is 3. The minimum atomic E-state index is -0.931. The molecule has 0 spiro atoms. The summed E-state index contributed by atoms with van der Waals surface area (Å²) in [6.07, 6.45) is 0.286. The van der Waals surface area contributed by atoms with Crippen LogP contribution < -0.4 is 0 Å². The summed E-state index contributed by atoms with van der Waals surface area (Å²) >= 11 is 0. The maximum atomic E-state index is 12.5. The number of fused-ring (bicyclic) bond motifs is 1. The van der Waals surface area contributed by atoms with Crippen molar-refractivity contribution in [2.24, 2.45) is 0 Å². The molecule has 0 radical (unpaired) electrons. The molecule has 0 bridgehead atoms. The van der Waals surface area contributed by atoms with E-state index in [1.165, 1.54) is 18.2 Å². The van der Waals surface area contributed by atoms with Gasteiger partial charge in [0.2, 0.25) is 0 Å². The lowest BCUT2D eigenvalue weighted by Gasteiger charge is -2.24. The van der Waals surface area contributed by atoms with Gasteiger partial charge in [0.1, 0.15) is 5.60 Å². The summed E-state index contributed by atoms with van der Waals surface area (Å²) in [4.78, 5) is 56.0. The molecule has 2 aromatic rings. The number of aromatic nitrogens is 2. The number of nitrogens with one attached hydrogen (secondary N) is 1. The SMILES string of the molecule is CC(C)(C)OC(=O)N1CCC(c2cc(C(=O)ON3C(=O)c4ccccc4C3=O)n[nH]2)C1. The van der Waals surface area contributed by atoms with E-state index in [4.69, 9.17) is 9.57 Å². The highest BCUT2D eigenvalue weighted by Crippen LogP contribution is 2.28. The van der Waals surface area contributed by atoms with Crippen LogP contribution in [0.25, 0.3) is 0 Å². The van der Waals surface area contributed by atoms with Gasteiger partial charge in [-0.2, -0.15) is 5.10 Å². The Labute approximate surface area is 178 Å².